The Hall–Kier alpha value is -3.61. The van der Waals surface area contributed by atoms with E-state index >= 15 is 0 Å². The first-order chi connectivity index (χ1) is 15.2. The molecule has 3 aromatic rings. The Kier molecular flexibility index (Phi) is 6.31. The molecule has 160 valence electrons. The Morgan fingerprint density at radius 1 is 1.10 bits per heavy atom. The molecule has 7 heteroatoms. The number of hydrogen-bond acceptors (Lipinski definition) is 7. The first kappa shape index (κ1) is 20.7. The smallest absolute Gasteiger partial charge is 0.337 e. The summed E-state index contributed by atoms with van der Waals surface area (Å²) in [6, 6.07) is 12.9. The van der Waals surface area contributed by atoms with Crippen LogP contribution >= 0.6 is 0 Å². The zero-order valence-corrected chi connectivity index (χ0v) is 17.6. The second kappa shape index (κ2) is 9.47. The number of carbonyl (C=O) groups excluding carboxylic acids is 1. The molecular weight excluding hydrogens is 394 g/mol. The average molecular weight is 419 g/mol. The Balaban J connectivity index is 1.69. The van der Waals surface area contributed by atoms with Gasteiger partial charge in [0.1, 0.15) is 6.33 Å². The van der Waals surface area contributed by atoms with Gasteiger partial charge in [0, 0.05) is 23.6 Å². The summed E-state index contributed by atoms with van der Waals surface area (Å²) in [5.41, 5.74) is 3.08. The lowest BCUT2D eigenvalue weighted by atomic mass is 10.00. The molecule has 2 aromatic carbocycles. The molecular formula is C24H25N3O4. The Bertz CT molecular complexity index is 1040. The van der Waals surface area contributed by atoms with Crippen LogP contribution in [0.5, 0.6) is 11.5 Å². The minimum Gasteiger partial charge on any atom is -0.490 e. The van der Waals surface area contributed by atoms with Gasteiger partial charge in [0.25, 0.3) is 0 Å². The van der Waals surface area contributed by atoms with Gasteiger partial charge in [-0.2, -0.15) is 0 Å². The largest absolute Gasteiger partial charge is 0.490 e. The third-order valence-electron chi connectivity index (χ3n) is 4.93. The maximum atomic E-state index is 11.9. The van der Waals surface area contributed by atoms with E-state index < -0.39 is 0 Å². The summed E-state index contributed by atoms with van der Waals surface area (Å²) >= 11 is 0. The molecule has 1 heterocycles. The van der Waals surface area contributed by atoms with Crippen molar-refractivity contribution in [2.45, 2.75) is 31.9 Å². The molecule has 0 amide bonds. The summed E-state index contributed by atoms with van der Waals surface area (Å²) in [6.07, 6.45) is 7.47. The molecule has 1 atom stereocenters. The fourth-order valence-electron chi connectivity index (χ4n) is 3.27. The molecule has 0 spiro atoms. The summed E-state index contributed by atoms with van der Waals surface area (Å²) in [5, 5.41) is 3.49. The number of rotatable bonds is 9. The molecule has 1 aliphatic rings. The molecule has 1 unspecified atom stereocenters. The van der Waals surface area contributed by atoms with Crippen LogP contribution in [0.4, 0.5) is 5.69 Å². The van der Waals surface area contributed by atoms with E-state index in [1.165, 1.54) is 13.4 Å². The zero-order valence-electron chi connectivity index (χ0n) is 17.6. The van der Waals surface area contributed by atoms with E-state index in [4.69, 9.17) is 14.2 Å². The maximum Gasteiger partial charge on any atom is 0.337 e. The number of aromatic nitrogens is 2. The van der Waals surface area contributed by atoms with Gasteiger partial charge in [0.15, 0.2) is 11.5 Å². The SMILES string of the molecule is CCOc1cc(C(Nc2cccc(C(=O)OC)c2)c2cncnc2)ccc1OC1CC1. The van der Waals surface area contributed by atoms with Crippen molar-refractivity contribution in [2.24, 2.45) is 0 Å². The molecule has 1 aromatic heterocycles. The maximum absolute atomic E-state index is 11.9. The molecule has 0 aliphatic heterocycles. The van der Waals surface area contributed by atoms with Crippen molar-refractivity contribution in [1.29, 1.82) is 0 Å². The summed E-state index contributed by atoms with van der Waals surface area (Å²) in [6.45, 7) is 2.49. The van der Waals surface area contributed by atoms with E-state index in [9.17, 15) is 4.79 Å². The van der Waals surface area contributed by atoms with Gasteiger partial charge >= 0.3 is 5.97 Å². The van der Waals surface area contributed by atoms with Crippen molar-refractivity contribution in [3.63, 3.8) is 0 Å². The van der Waals surface area contributed by atoms with E-state index in [1.54, 1.807) is 24.5 Å². The quantitative estimate of drug-likeness (QED) is 0.515. The van der Waals surface area contributed by atoms with Crippen LogP contribution in [0, 0.1) is 0 Å². The summed E-state index contributed by atoms with van der Waals surface area (Å²) in [5.74, 6) is 1.08. The highest BCUT2D eigenvalue weighted by Gasteiger charge is 2.26. The number of hydrogen-bond donors (Lipinski definition) is 1. The minimum atomic E-state index is -0.386. The molecule has 31 heavy (non-hydrogen) atoms. The minimum absolute atomic E-state index is 0.261. The number of carbonyl (C=O) groups is 1. The van der Waals surface area contributed by atoms with Crippen LogP contribution in [0.2, 0.25) is 0 Å². The van der Waals surface area contributed by atoms with Gasteiger partial charge in [-0.15, -0.1) is 0 Å². The number of methoxy groups -OCH3 is 1. The number of ether oxygens (including phenoxy) is 3. The highest BCUT2D eigenvalue weighted by atomic mass is 16.5. The molecule has 1 aliphatic carbocycles. The molecule has 0 bridgehead atoms. The second-order valence-electron chi connectivity index (χ2n) is 7.28. The summed E-state index contributed by atoms with van der Waals surface area (Å²) in [4.78, 5) is 20.3. The number of nitrogens with zero attached hydrogens (tertiary/aromatic N) is 2. The first-order valence-electron chi connectivity index (χ1n) is 10.3. The molecule has 1 fully saturated rings. The fraction of sp³-hybridized carbons (Fsp3) is 0.292. The van der Waals surface area contributed by atoms with E-state index in [-0.39, 0.29) is 18.1 Å². The lowest BCUT2D eigenvalue weighted by Gasteiger charge is -2.22. The topological polar surface area (TPSA) is 82.6 Å². The Morgan fingerprint density at radius 2 is 1.90 bits per heavy atom. The molecule has 0 radical (unpaired) electrons. The van der Waals surface area contributed by atoms with Gasteiger partial charge in [0.05, 0.1) is 31.4 Å². The van der Waals surface area contributed by atoms with Crippen LogP contribution in [0.25, 0.3) is 0 Å². The third-order valence-corrected chi connectivity index (χ3v) is 4.93. The molecule has 0 saturated heterocycles. The van der Waals surface area contributed by atoms with Crippen molar-refractivity contribution >= 4 is 11.7 Å². The number of benzene rings is 2. The van der Waals surface area contributed by atoms with Gasteiger partial charge in [-0.05, 0) is 55.7 Å². The average Bonchev–Trinajstić information content (AvgIpc) is 3.63. The Labute approximate surface area is 181 Å². The van der Waals surface area contributed by atoms with Crippen LogP contribution in [0.3, 0.4) is 0 Å². The van der Waals surface area contributed by atoms with Gasteiger partial charge in [-0.1, -0.05) is 12.1 Å². The highest BCUT2D eigenvalue weighted by molar-refractivity contribution is 5.90. The summed E-state index contributed by atoms with van der Waals surface area (Å²) in [7, 11) is 1.37. The molecule has 7 nitrogen and oxygen atoms in total. The molecule has 4 rings (SSSR count). The van der Waals surface area contributed by atoms with E-state index in [1.807, 2.05) is 37.3 Å². The number of esters is 1. The van der Waals surface area contributed by atoms with E-state index in [2.05, 4.69) is 15.3 Å². The monoisotopic (exact) mass is 419 g/mol. The van der Waals surface area contributed by atoms with Gasteiger partial charge in [-0.25, -0.2) is 14.8 Å². The lowest BCUT2D eigenvalue weighted by Crippen LogP contribution is -2.14. The number of nitrogens with one attached hydrogen (secondary N) is 1. The predicted molar refractivity (Wildman–Crippen MR) is 117 cm³/mol. The van der Waals surface area contributed by atoms with Crippen LogP contribution in [0.1, 0.15) is 47.3 Å². The standard InChI is InChI=1S/C24H25N3O4/c1-3-30-22-12-16(7-10-21(22)31-20-8-9-20)23(18-13-25-15-26-14-18)27-19-6-4-5-17(11-19)24(28)29-2/h4-7,10-15,20,23,27H,3,8-9H2,1-2H3. The normalized spacial score (nSPS) is 13.9. The van der Waals surface area contributed by atoms with Gasteiger partial charge < -0.3 is 19.5 Å². The van der Waals surface area contributed by atoms with Crippen molar-refractivity contribution in [3.05, 3.63) is 77.9 Å². The predicted octanol–water partition coefficient (Wildman–Crippen LogP) is 4.40. The zero-order chi connectivity index (χ0) is 21.6. The second-order valence-corrected chi connectivity index (χ2v) is 7.28. The highest BCUT2D eigenvalue weighted by Crippen LogP contribution is 2.37. The number of anilines is 1. The van der Waals surface area contributed by atoms with Crippen molar-refractivity contribution in [3.8, 4) is 11.5 Å². The van der Waals surface area contributed by atoms with Crippen LogP contribution in [-0.4, -0.2) is 35.8 Å². The van der Waals surface area contributed by atoms with E-state index in [0.29, 0.717) is 17.9 Å². The van der Waals surface area contributed by atoms with Crippen molar-refractivity contribution in [2.75, 3.05) is 19.0 Å². The molecule has 1 N–H and O–H groups in total. The van der Waals surface area contributed by atoms with Crippen LogP contribution in [-0.2, 0) is 4.74 Å². The van der Waals surface area contributed by atoms with E-state index in [0.717, 1.165) is 35.4 Å². The van der Waals surface area contributed by atoms with Crippen molar-refractivity contribution in [1.82, 2.24) is 9.97 Å². The van der Waals surface area contributed by atoms with Crippen LogP contribution in [0.15, 0.2) is 61.2 Å². The first-order valence-corrected chi connectivity index (χ1v) is 10.3. The van der Waals surface area contributed by atoms with Gasteiger partial charge in [-0.3, -0.25) is 0 Å². The van der Waals surface area contributed by atoms with Crippen molar-refractivity contribution < 1.29 is 19.0 Å². The van der Waals surface area contributed by atoms with Crippen LogP contribution < -0.4 is 14.8 Å². The Morgan fingerprint density at radius 3 is 2.61 bits per heavy atom. The molecule has 1 saturated carbocycles. The lowest BCUT2D eigenvalue weighted by molar-refractivity contribution is 0.0601. The fourth-order valence-corrected chi connectivity index (χ4v) is 3.27. The summed E-state index contributed by atoms with van der Waals surface area (Å²) < 4.78 is 16.7. The third kappa shape index (κ3) is 5.12. The van der Waals surface area contributed by atoms with Gasteiger partial charge in [0.2, 0.25) is 0 Å².